The molecule has 0 spiro atoms. The van der Waals surface area contributed by atoms with Gasteiger partial charge in [-0.25, -0.2) is 8.42 Å². The number of fused-ring (bicyclic) bond motifs is 1. The molecule has 9 heteroatoms. The summed E-state index contributed by atoms with van der Waals surface area (Å²) in [5.41, 5.74) is 0.970. The summed E-state index contributed by atoms with van der Waals surface area (Å²) in [5.74, 6) is -0.504. The van der Waals surface area contributed by atoms with Crippen molar-refractivity contribution in [2.24, 2.45) is 4.99 Å². The second kappa shape index (κ2) is 7.35. The molecule has 0 radical (unpaired) electrons. The monoisotopic (exact) mass is 357 g/mol. The summed E-state index contributed by atoms with van der Waals surface area (Å²) in [6.45, 7) is 0.775. The minimum Gasteiger partial charge on any atom is -0.383 e. The summed E-state index contributed by atoms with van der Waals surface area (Å²) in [6, 6.07) is 7.74. The first kappa shape index (κ1) is 17.8. The molecule has 0 unspecified atom stereocenters. The topological polar surface area (TPSA) is 81.0 Å². The summed E-state index contributed by atoms with van der Waals surface area (Å²) in [4.78, 5) is 16.7. The molecule has 0 saturated carbocycles. The molecule has 0 atom stereocenters. The van der Waals surface area contributed by atoms with E-state index in [1.54, 1.807) is 7.11 Å². The number of sulfonamides is 1. The fraction of sp³-hybridized carbons (Fsp3) is 0.429. The maximum absolute atomic E-state index is 12.1. The molecule has 0 aliphatic heterocycles. The smallest absolute Gasteiger partial charge is 0.263 e. The van der Waals surface area contributed by atoms with Crippen molar-refractivity contribution in [1.82, 2.24) is 8.87 Å². The molecule has 1 aromatic carbocycles. The van der Waals surface area contributed by atoms with Crippen LogP contribution in [0.25, 0.3) is 10.2 Å². The lowest BCUT2D eigenvalue weighted by Gasteiger charge is -2.10. The Bertz CT molecular complexity index is 868. The maximum atomic E-state index is 12.1. The first-order valence-corrected chi connectivity index (χ1v) is 9.55. The number of methoxy groups -OCH3 is 1. The van der Waals surface area contributed by atoms with Crippen molar-refractivity contribution in [3.63, 3.8) is 0 Å². The first-order valence-electron chi connectivity index (χ1n) is 6.89. The number of carbonyl (C=O) groups excluding carboxylic acids is 1. The molecule has 0 saturated heterocycles. The fourth-order valence-corrected chi connectivity index (χ4v) is 3.37. The van der Waals surface area contributed by atoms with E-state index in [0.717, 1.165) is 20.8 Å². The van der Waals surface area contributed by atoms with Crippen LogP contribution in [0.1, 0.15) is 0 Å². The van der Waals surface area contributed by atoms with Gasteiger partial charge < -0.3 is 9.30 Å². The largest absolute Gasteiger partial charge is 0.383 e. The Morgan fingerprint density at radius 2 is 2.09 bits per heavy atom. The number of carbonyl (C=O) groups is 1. The summed E-state index contributed by atoms with van der Waals surface area (Å²) in [6.07, 6.45) is 1.05. The van der Waals surface area contributed by atoms with Crippen LogP contribution in [0.3, 0.4) is 0 Å². The highest BCUT2D eigenvalue weighted by Gasteiger charge is 2.15. The molecule has 2 aromatic rings. The molecule has 1 aromatic heterocycles. The fourth-order valence-electron chi connectivity index (χ4n) is 1.95. The van der Waals surface area contributed by atoms with Gasteiger partial charge in [0, 0.05) is 20.7 Å². The molecule has 0 aliphatic carbocycles. The van der Waals surface area contributed by atoms with E-state index in [-0.39, 0.29) is 6.54 Å². The van der Waals surface area contributed by atoms with Crippen LogP contribution in [0.5, 0.6) is 0 Å². The molecule has 0 fully saturated rings. The number of thiazole rings is 1. The van der Waals surface area contributed by atoms with Crippen LogP contribution >= 0.6 is 11.3 Å². The van der Waals surface area contributed by atoms with Crippen LogP contribution in [-0.2, 0) is 26.1 Å². The van der Waals surface area contributed by atoms with Gasteiger partial charge in [-0.3, -0.25) is 4.79 Å². The molecule has 0 N–H and O–H groups in total. The quantitative estimate of drug-likeness (QED) is 0.761. The Morgan fingerprint density at radius 1 is 1.39 bits per heavy atom. The molecular weight excluding hydrogens is 338 g/mol. The molecule has 1 amide bonds. The summed E-state index contributed by atoms with van der Waals surface area (Å²) >= 11 is 1.39. The molecule has 0 aliphatic rings. The SMILES string of the molecule is COCCn1c(=NC(=O)CN(C)S(C)(=O)=O)sc2ccccc21. The van der Waals surface area contributed by atoms with Gasteiger partial charge >= 0.3 is 0 Å². The zero-order chi connectivity index (χ0) is 17.0. The Morgan fingerprint density at radius 3 is 2.74 bits per heavy atom. The third kappa shape index (κ3) is 4.47. The van der Waals surface area contributed by atoms with E-state index >= 15 is 0 Å². The average molecular weight is 357 g/mol. The van der Waals surface area contributed by atoms with Gasteiger partial charge in [0.1, 0.15) is 0 Å². The number of hydrogen-bond donors (Lipinski definition) is 0. The van der Waals surface area contributed by atoms with Gasteiger partial charge in [-0.2, -0.15) is 9.30 Å². The Hall–Kier alpha value is -1.55. The Labute approximate surface area is 138 Å². The lowest BCUT2D eigenvalue weighted by molar-refractivity contribution is -0.118. The van der Waals surface area contributed by atoms with Crippen LogP contribution in [0, 0.1) is 0 Å². The van der Waals surface area contributed by atoms with Crippen molar-refractivity contribution >= 4 is 37.5 Å². The minimum atomic E-state index is -3.41. The number of nitrogens with zero attached hydrogens (tertiary/aromatic N) is 3. The predicted octanol–water partition coefficient (Wildman–Crippen LogP) is 0.668. The van der Waals surface area contributed by atoms with E-state index in [1.165, 1.54) is 18.4 Å². The molecule has 0 bridgehead atoms. The van der Waals surface area contributed by atoms with Gasteiger partial charge in [-0.05, 0) is 12.1 Å². The second-order valence-corrected chi connectivity index (χ2v) is 8.12. The van der Waals surface area contributed by atoms with Gasteiger partial charge in [0.2, 0.25) is 10.0 Å². The Balaban J connectivity index is 2.39. The van der Waals surface area contributed by atoms with Crippen molar-refractivity contribution in [2.45, 2.75) is 6.54 Å². The average Bonchev–Trinajstić information content (AvgIpc) is 2.81. The minimum absolute atomic E-state index is 0.280. The van der Waals surface area contributed by atoms with Crippen molar-refractivity contribution in [2.75, 3.05) is 33.6 Å². The van der Waals surface area contributed by atoms with Gasteiger partial charge in [-0.15, -0.1) is 0 Å². The van der Waals surface area contributed by atoms with Crippen LogP contribution < -0.4 is 4.80 Å². The van der Waals surface area contributed by atoms with Crippen LogP contribution in [0.4, 0.5) is 0 Å². The molecule has 126 valence electrons. The lowest BCUT2D eigenvalue weighted by Crippen LogP contribution is -2.31. The summed E-state index contributed by atoms with van der Waals surface area (Å²) in [7, 11) is -0.447. The van der Waals surface area contributed by atoms with Gasteiger partial charge in [0.25, 0.3) is 5.91 Å². The highest BCUT2D eigenvalue weighted by molar-refractivity contribution is 7.88. The van der Waals surface area contributed by atoms with E-state index in [4.69, 9.17) is 4.74 Å². The van der Waals surface area contributed by atoms with Gasteiger partial charge in [0.05, 0.1) is 29.6 Å². The lowest BCUT2D eigenvalue weighted by atomic mass is 10.3. The third-order valence-corrected chi connectivity index (χ3v) is 5.57. The number of ether oxygens (including phenoxy) is 1. The van der Waals surface area contributed by atoms with Gasteiger partial charge in [-0.1, -0.05) is 23.5 Å². The van der Waals surface area contributed by atoms with E-state index in [0.29, 0.717) is 18.0 Å². The molecule has 2 rings (SSSR count). The van der Waals surface area contributed by atoms with Crippen molar-refractivity contribution in [3.05, 3.63) is 29.1 Å². The standard InChI is InChI=1S/C14H19N3O4S2/c1-16(23(3,19)20)10-13(18)15-14-17(8-9-21-2)11-6-4-5-7-12(11)22-14/h4-7H,8-10H2,1-3H3. The zero-order valence-electron chi connectivity index (χ0n) is 13.2. The number of para-hydroxylation sites is 1. The molecule has 1 heterocycles. The van der Waals surface area contributed by atoms with Crippen LogP contribution in [-0.4, -0.2) is 56.8 Å². The van der Waals surface area contributed by atoms with Crippen molar-refractivity contribution in [1.29, 1.82) is 0 Å². The van der Waals surface area contributed by atoms with E-state index < -0.39 is 15.9 Å². The maximum Gasteiger partial charge on any atom is 0.263 e. The van der Waals surface area contributed by atoms with Crippen LogP contribution in [0.2, 0.25) is 0 Å². The van der Waals surface area contributed by atoms with Crippen molar-refractivity contribution in [3.8, 4) is 0 Å². The predicted molar refractivity (Wildman–Crippen MR) is 89.7 cm³/mol. The highest BCUT2D eigenvalue weighted by atomic mass is 32.2. The first-order chi connectivity index (χ1) is 10.8. The highest BCUT2D eigenvalue weighted by Crippen LogP contribution is 2.16. The van der Waals surface area contributed by atoms with Crippen LogP contribution in [0.15, 0.2) is 29.3 Å². The van der Waals surface area contributed by atoms with Gasteiger partial charge in [0.15, 0.2) is 4.80 Å². The summed E-state index contributed by atoms with van der Waals surface area (Å²) in [5, 5.41) is 0. The summed E-state index contributed by atoms with van der Waals surface area (Å²) < 4.78 is 31.8. The normalized spacial score (nSPS) is 13.1. The second-order valence-electron chi connectivity index (χ2n) is 5.02. The number of hydrogen-bond acceptors (Lipinski definition) is 5. The molecule has 23 heavy (non-hydrogen) atoms. The molecule has 7 nitrogen and oxygen atoms in total. The number of aromatic nitrogens is 1. The third-order valence-electron chi connectivity index (χ3n) is 3.25. The van der Waals surface area contributed by atoms with Crippen molar-refractivity contribution < 1.29 is 17.9 Å². The number of benzene rings is 1. The molecular formula is C14H19N3O4S2. The Kier molecular flexibility index (Phi) is 5.69. The number of likely N-dealkylation sites (N-methyl/N-ethyl adjacent to an activating group) is 1. The number of amides is 1. The van der Waals surface area contributed by atoms with E-state index in [1.807, 2.05) is 28.8 Å². The van der Waals surface area contributed by atoms with E-state index in [2.05, 4.69) is 4.99 Å². The number of rotatable bonds is 6. The van der Waals surface area contributed by atoms with E-state index in [9.17, 15) is 13.2 Å². The zero-order valence-corrected chi connectivity index (χ0v) is 14.9.